The summed E-state index contributed by atoms with van der Waals surface area (Å²) in [7, 11) is 0. The van der Waals surface area contributed by atoms with E-state index >= 15 is 0 Å². The molecular formula is C15H15FN2O3. The molecule has 5 nitrogen and oxygen atoms in total. The van der Waals surface area contributed by atoms with E-state index in [0.717, 1.165) is 11.6 Å². The van der Waals surface area contributed by atoms with E-state index in [1.54, 1.807) is 0 Å². The van der Waals surface area contributed by atoms with Gasteiger partial charge in [-0.2, -0.15) is 0 Å². The molecule has 2 aromatic carbocycles. The quantitative estimate of drug-likeness (QED) is 0.633. The van der Waals surface area contributed by atoms with Crippen molar-refractivity contribution in [3.05, 3.63) is 70.0 Å². The van der Waals surface area contributed by atoms with Gasteiger partial charge in [0.05, 0.1) is 22.8 Å². The first kappa shape index (κ1) is 14.9. The van der Waals surface area contributed by atoms with Gasteiger partial charge in [0.1, 0.15) is 0 Å². The zero-order chi connectivity index (χ0) is 15.2. The molecule has 0 aromatic heterocycles. The molecule has 0 aliphatic rings. The number of nitrogens with one attached hydrogen (secondary N) is 1. The number of hydrogen-bond donors (Lipinski definition) is 2. The third kappa shape index (κ3) is 4.25. The van der Waals surface area contributed by atoms with E-state index in [9.17, 15) is 19.6 Å². The molecule has 21 heavy (non-hydrogen) atoms. The summed E-state index contributed by atoms with van der Waals surface area (Å²) in [6.45, 7) is 0.156. The fourth-order valence-electron chi connectivity index (χ4n) is 1.95. The molecule has 2 aromatic rings. The second-order valence-corrected chi connectivity index (χ2v) is 4.65. The molecule has 0 bridgehead atoms. The van der Waals surface area contributed by atoms with Gasteiger partial charge in [0, 0.05) is 19.0 Å². The van der Waals surface area contributed by atoms with Crippen LogP contribution in [0.2, 0.25) is 0 Å². The topological polar surface area (TPSA) is 75.4 Å². The molecule has 0 heterocycles. The third-order valence-corrected chi connectivity index (χ3v) is 3.01. The number of halogens is 1. The molecule has 1 atom stereocenters. The van der Waals surface area contributed by atoms with E-state index in [-0.39, 0.29) is 17.9 Å². The second kappa shape index (κ2) is 6.81. The molecule has 0 radical (unpaired) electrons. The van der Waals surface area contributed by atoms with Crippen molar-refractivity contribution in [2.75, 3.05) is 11.9 Å². The Hall–Kier alpha value is -2.47. The maximum atomic E-state index is 13.6. The molecule has 0 aliphatic heterocycles. The maximum absolute atomic E-state index is 13.6. The van der Waals surface area contributed by atoms with E-state index in [1.165, 1.54) is 12.1 Å². The minimum Gasteiger partial charge on any atom is -0.391 e. The summed E-state index contributed by atoms with van der Waals surface area (Å²) >= 11 is 0. The minimum atomic E-state index is -0.712. The van der Waals surface area contributed by atoms with Gasteiger partial charge in [-0.1, -0.05) is 30.3 Å². The van der Waals surface area contributed by atoms with E-state index < -0.39 is 16.8 Å². The van der Waals surface area contributed by atoms with Crippen LogP contribution in [0, 0.1) is 15.9 Å². The summed E-state index contributed by atoms with van der Waals surface area (Å²) in [4.78, 5) is 9.86. The largest absolute Gasteiger partial charge is 0.391 e. The van der Waals surface area contributed by atoms with Crippen molar-refractivity contribution in [2.45, 2.75) is 12.5 Å². The average molecular weight is 290 g/mol. The van der Waals surface area contributed by atoms with Crippen molar-refractivity contribution in [1.82, 2.24) is 0 Å². The molecule has 0 aliphatic carbocycles. The highest BCUT2D eigenvalue weighted by molar-refractivity contribution is 5.50. The van der Waals surface area contributed by atoms with Crippen LogP contribution in [-0.4, -0.2) is 22.7 Å². The van der Waals surface area contributed by atoms with E-state index in [1.807, 2.05) is 30.3 Å². The van der Waals surface area contributed by atoms with Gasteiger partial charge in [0.15, 0.2) is 5.82 Å². The maximum Gasteiger partial charge on any atom is 0.272 e. The van der Waals surface area contributed by atoms with Crippen LogP contribution < -0.4 is 5.32 Å². The molecule has 0 spiro atoms. The first-order valence-corrected chi connectivity index (χ1v) is 6.46. The Morgan fingerprint density at radius 3 is 2.57 bits per heavy atom. The van der Waals surface area contributed by atoms with Crippen molar-refractivity contribution >= 4 is 11.4 Å². The van der Waals surface area contributed by atoms with Crippen molar-refractivity contribution in [3.8, 4) is 0 Å². The van der Waals surface area contributed by atoms with Crippen LogP contribution in [-0.2, 0) is 6.42 Å². The summed E-state index contributed by atoms with van der Waals surface area (Å²) < 4.78 is 13.6. The normalized spacial score (nSPS) is 11.9. The molecule has 1 unspecified atom stereocenters. The van der Waals surface area contributed by atoms with Crippen LogP contribution in [0.3, 0.4) is 0 Å². The molecule has 0 saturated heterocycles. The summed E-state index contributed by atoms with van der Waals surface area (Å²) in [6.07, 6.45) is -0.232. The average Bonchev–Trinajstić information content (AvgIpc) is 2.47. The van der Waals surface area contributed by atoms with Gasteiger partial charge in [-0.05, 0) is 11.6 Å². The summed E-state index contributed by atoms with van der Waals surface area (Å²) in [5, 5.41) is 23.2. The first-order valence-electron chi connectivity index (χ1n) is 6.46. The van der Waals surface area contributed by atoms with Crippen molar-refractivity contribution in [3.63, 3.8) is 0 Å². The highest BCUT2D eigenvalue weighted by atomic mass is 19.1. The lowest BCUT2D eigenvalue weighted by Gasteiger charge is -2.13. The molecule has 2 N–H and O–H groups in total. The number of nitro benzene ring substituents is 1. The Morgan fingerprint density at radius 2 is 1.95 bits per heavy atom. The molecule has 0 fully saturated rings. The van der Waals surface area contributed by atoms with Crippen LogP contribution >= 0.6 is 0 Å². The number of anilines is 1. The van der Waals surface area contributed by atoms with Crippen LogP contribution in [0.4, 0.5) is 15.8 Å². The van der Waals surface area contributed by atoms with Gasteiger partial charge in [0.25, 0.3) is 5.69 Å². The Bertz CT molecular complexity index is 620. The number of non-ortho nitro benzene ring substituents is 1. The summed E-state index contributed by atoms with van der Waals surface area (Å²) in [5.41, 5.74) is 0.812. The molecule has 2 rings (SSSR count). The van der Waals surface area contributed by atoms with Gasteiger partial charge >= 0.3 is 0 Å². The smallest absolute Gasteiger partial charge is 0.272 e. The van der Waals surface area contributed by atoms with Crippen molar-refractivity contribution in [2.24, 2.45) is 0 Å². The number of aliphatic hydroxyl groups excluding tert-OH is 1. The Labute approximate surface area is 121 Å². The van der Waals surface area contributed by atoms with Gasteiger partial charge in [0.2, 0.25) is 0 Å². The van der Waals surface area contributed by atoms with Gasteiger partial charge in [-0.3, -0.25) is 10.1 Å². The lowest BCUT2D eigenvalue weighted by molar-refractivity contribution is -0.385. The summed E-state index contributed by atoms with van der Waals surface area (Å²) in [6, 6.07) is 12.8. The minimum absolute atomic E-state index is 0.132. The van der Waals surface area contributed by atoms with Crippen molar-refractivity contribution in [1.29, 1.82) is 0 Å². The standard InChI is InChI=1S/C15H15FN2O3/c16-14-9-12(18(20)21)6-7-15(14)17-10-13(19)8-11-4-2-1-3-5-11/h1-7,9,13,17,19H,8,10H2. The molecule has 110 valence electrons. The van der Waals surface area contributed by atoms with Gasteiger partial charge < -0.3 is 10.4 Å². The first-order chi connectivity index (χ1) is 10.1. The predicted octanol–water partition coefficient (Wildman–Crippen LogP) is 2.75. The van der Waals surface area contributed by atoms with Crippen molar-refractivity contribution < 1.29 is 14.4 Å². The fraction of sp³-hybridized carbons (Fsp3) is 0.200. The fourth-order valence-corrected chi connectivity index (χ4v) is 1.95. The molecule has 0 saturated carbocycles. The van der Waals surface area contributed by atoms with E-state index in [2.05, 4.69) is 5.32 Å². The number of nitrogens with zero attached hydrogens (tertiary/aromatic N) is 1. The van der Waals surface area contributed by atoms with Crippen LogP contribution in [0.15, 0.2) is 48.5 Å². The lowest BCUT2D eigenvalue weighted by Crippen LogP contribution is -2.22. The van der Waals surface area contributed by atoms with Crippen LogP contribution in [0.1, 0.15) is 5.56 Å². The summed E-state index contributed by atoms with van der Waals surface area (Å²) in [5.74, 6) is -0.712. The van der Waals surface area contributed by atoms with Crippen LogP contribution in [0.25, 0.3) is 0 Å². The second-order valence-electron chi connectivity index (χ2n) is 4.65. The Kier molecular flexibility index (Phi) is 4.84. The van der Waals surface area contributed by atoms with E-state index in [0.29, 0.717) is 6.42 Å². The molecular weight excluding hydrogens is 275 g/mol. The monoisotopic (exact) mass is 290 g/mol. The van der Waals surface area contributed by atoms with Gasteiger partial charge in [-0.15, -0.1) is 0 Å². The van der Waals surface area contributed by atoms with Gasteiger partial charge in [-0.25, -0.2) is 4.39 Å². The SMILES string of the molecule is O=[N+]([O-])c1ccc(NCC(O)Cc2ccccc2)c(F)c1. The predicted molar refractivity (Wildman–Crippen MR) is 77.7 cm³/mol. The number of hydrogen-bond acceptors (Lipinski definition) is 4. The Balaban J connectivity index is 1.92. The number of nitro groups is 1. The third-order valence-electron chi connectivity index (χ3n) is 3.01. The number of rotatable bonds is 6. The zero-order valence-corrected chi connectivity index (χ0v) is 11.2. The number of aliphatic hydroxyl groups is 1. The highest BCUT2D eigenvalue weighted by Crippen LogP contribution is 2.20. The zero-order valence-electron chi connectivity index (χ0n) is 11.2. The Morgan fingerprint density at radius 1 is 1.24 bits per heavy atom. The molecule has 0 amide bonds. The lowest BCUT2D eigenvalue weighted by atomic mass is 10.1. The van der Waals surface area contributed by atoms with E-state index in [4.69, 9.17) is 0 Å². The number of benzene rings is 2. The van der Waals surface area contributed by atoms with Crippen LogP contribution in [0.5, 0.6) is 0 Å². The highest BCUT2D eigenvalue weighted by Gasteiger charge is 2.12. The molecule has 6 heteroatoms.